The molecule has 0 spiro atoms. The second kappa shape index (κ2) is 4.42. The van der Waals surface area contributed by atoms with Gasteiger partial charge in [0, 0.05) is 18.3 Å². The van der Waals surface area contributed by atoms with Gasteiger partial charge < -0.3 is 10.6 Å². The lowest BCUT2D eigenvalue weighted by Crippen LogP contribution is -2.29. The van der Waals surface area contributed by atoms with E-state index >= 15 is 0 Å². The second-order valence-electron chi connectivity index (χ2n) is 3.84. The molecule has 0 amide bonds. The normalized spacial score (nSPS) is 21.1. The lowest BCUT2D eigenvalue weighted by Gasteiger charge is -2.11. The van der Waals surface area contributed by atoms with E-state index in [1.54, 1.807) is 0 Å². The molecule has 0 saturated carbocycles. The highest BCUT2D eigenvalue weighted by Crippen LogP contribution is 2.07. The SMILES string of the molecule is Cc1cccc(NC[C@H]2CCCN2)n1. The second-order valence-corrected chi connectivity index (χ2v) is 3.84. The molecule has 0 aliphatic carbocycles. The van der Waals surface area contributed by atoms with Crippen LogP contribution in [0.1, 0.15) is 18.5 Å². The van der Waals surface area contributed by atoms with Crippen molar-refractivity contribution in [3.63, 3.8) is 0 Å². The van der Waals surface area contributed by atoms with Crippen LogP contribution in [0.25, 0.3) is 0 Å². The van der Waals surface area contributed by atoms with Gasteiger partial charge in [-0.1, -0.05) is 6.07 Å². The van der Waals surface area contributed by atoms with Gasteiger partial charge in [0.25, 0.3) is 0 Å². The summed E-state index contributed by atoms with van der Waals surface area (Å²) in [5, 5.41) is 6.80. The van der Waals surface area contributed by atoms with Crippen molar-refractivity contribution in [3.05, 3.63) is 23.9 Å². The summed E-state index contributed by atoms with van der Waals surface area (Å²) in [7, 11) is 0. The number of rotatable bonds is 3. The van der Waals surface area contributed by atoms with Crippen molar-refractivity contribution in [1.82, 2.24) is 10.3 Å². The predicted molar refractivity (Wildman–Crippen MR) is 58.5 cm³/mol. The van der Waals surface area contributed by atoms with Crippen LogP contribution in [0.5, 0.6) is 0 Å². The Balaban J connectivity index is 1.85. The molecule has 1 atom stereocenters. The molecule has 3 heteroatoms. The summed E-state index contributed by atoms with van der Waals surface area (Å²) in [5.74, 6) is 0.985. The van der Waals surface area contributed by atoms with E-state index in [9.17, 15) is 0 Å². The maximum absolute atomic E-state index is 4.40. The van der Waals surface area contributed by atoms with Crippen LogP contribution < -0.4 is 10.6 Å². The lowest BCUT2D eigenvalue weighted by molar-refractivity contribution is 0.632. The van der Waals surface area contributed by atoms with E-state index in [0.29, 0.717) is 6.04 Å². The van der Waals surface area contributed by atoms with Gasteiger partial charge in [0.1, 0.15) is 5.82 Å². The van der Waals surface area contributed by atoms with E-state index in [2.05, 4.69) is 15.6 Å². The van der Waals surface area contributed by atoms with Gasteiger partial charge in [-0.3, -0.25) is 0 Å². The molecular weight excluding hydrogens is 174 g/mol. The first kappa shape index (κ1) is 9.46. The molecule has 0 radical (unpaired) electrons. The lowest BCUT2D eigenvalue weighted by atomic mass is 10.2. The molecule has 1 aromatic heterocycles. The molecule has 14 heavy (non-hydrogen) atoms. The zero-order valence-corrected chi connectivity index (χ0v) is 8.59. The van der Waals surface area contributed by atoms with Crippen LogP contribution in [-0.4, -0.2) is 24.1 Å². The minimum Gasteiger partial charge on any atom is -0.369 e. The summed E-state index contributed by atoms with van der Waals surface area (Å²) in [6.45, 7) is 4.16. The first-order chi connectivity index (χ1) is 6.84. The summed E-state index contributed by atoms with van der Waals surface area (Å²) in [5.41, 5.74) is 1.06. The number of hydrogen-bond acceptors (Lipinski definition) is 3. The zero-order chi connectivity index (χ0) is 9.80. The molecule has 1 aliphatic rings. The molecule has 2 heterocycles. The van der Waals surface area contributed by atoms with Crippen molar-refractivity contribution in [1.29, 1.82) is 0 Å². The molecule has 0 unspecified atom stereocenters. The highest BCUT2D eigenvalue weighted by atomic mass is 15.0. The van der Waals surface area contributed by atoms with Gasteiger partial charge in [-0.05, 0) is 38.4 Å². The molecule has 76 valence electrons. The minimum atomic E-state index is 0.623. The molecule has 2 N–H and O–H groups in total. The molecular formula is C11H17N3. The number of aromatic nitrogens is 1. The number of nitrogens with zero attached hydrogens (tertiary/aromatic N) is 1. The van der Waals surface area contributed by atoms with Crippen LogP contribution in [0, 0.1) is 6.92 Å². The van der Waals surface area contributed by atoms with Crippen molar-refractivity contribution in [2.75, 3.05) is 18.4 Å². The Labute approximate surface area is 84.9 Å². The van der Waals surface area contributed by atoms with Crippen LogP contribution in [0.15, 0.2) is 18.2 Å². The third-order valence-electron chi connectivity index (χ3n) is 2.58. The molecule has 0 bridgehead atoms. The summed E-state index contributed by atoms with van der Waals surface area (Å²) in [6.07, 6.45) is 2.58. The van der Waals surface area contributed by atoms with Gasteiger partial charge in [-0.15, -0.1) is 0 Å². The first-order valence-electron chi connectivity index (χ1n) is 5.25. The van der Waals surface area contributed by atoms with E-state index in [4.69, 9.17) is 0 Å². The Hall–Kier alpha value is -1.09. The van der Waals surface area contributed by atoms with E-state index in [1.807, 2.05) is 25.1 Å². The fraction of sp³-hybridized carbons (Fsp3) is 0.545. The molecule has 1 saturated heterocycles. The highest BCUT2D eigenvalue weighted by Gasteiger charge is 2.13. The molecule has 1 fully saturated rings. The van der Waals surface area contributed by atoms with Gasteiger partial charge in [0.15, 0.2) is 0 Å². The number of nitrogens with one attached hydrogen (secondary N) is 2. The zero-order valence-electron chi connectivity index (χ0n) is 8.59. The van der Waals surface area contributed by atoms with Crippen LogP contribution in [0.3, 0.4) is 0 Å². The Morgan fingerprint density at radius 2 is 2.50 bits per heavy atom. The largest absolute Gasteiger partial charge is 0.369 e. The van der Waals surface area contributed by atoms with Gasteiger partial charge in [-0.25, -0.2) is 4.98 Å². The Bertz CT molecular complexity index is 292. The van der Waals surface area contributed by atoms with Gasteiger partial charge in [0.05, 0.1) is 0 Å². The molecule has 2 rings (SSSR count). The maximum Gasteiger partial charge on any atom is 0.126 e. The highest BCUT2D eigenvalue weighted by molar-refractivity contribution is 5.35. The van der Waals surface area contributed by atoms with Crippen LogP contribution in [-0.2, 0) is 0 Å². The van der Waals surface area contributed by atoms with Gasteiger partial charge in [-0.2, -0.15) is 0 Å². The van der Waals surface area contributed by atoms with Crippen LogP contribution in [0.2, 0.25) is 0 Å². The van der Waals surface area contributed by atoms with E-state index in [0.717, 1.165) is 24.6 Å². The average molecular weight is 191 g/mol. The van der Waals surface area contributed by atoms with Crippen LogP contribution in [0.4, 0.5) is 5.82 Å². The van der Waals surface area contributed by atoms with E-state index < -0.39 is 0 Å². The monoisotopic (exact) mass is 191 g/mol. The Kier molecular flexibility index (Phi) is 2.99. The van der Waals surface area contributed by atoms with Crippen molar-refractivity contribution >= 4 is 5.82 Å². The van der Waals surface area contributed by atoms with Crippen LogP contribution >= 0.6 is 0 Å². The summed E-state index contributed by atoms with van der Waals surface area (Å²) in [4.78, 5) is 4.40. The number of aryl methyl sites for hydroxylation is 1. The van der Waals surface area contributed by atoms with Crippen molar-refractivity contribution in [2.45, 2.75) is 25.8 Å². The predicted octanol–water partition coefficient (Wildman–Crippen LogP) is 1.55. The quantitative estimate of drug-likeness (QED) is 0.761. The summed E-state index contributed by atoms with van der Waals surface area (Å²) in [6, 6.07) is 6.69. The molecule has 1 aliphatic heterocycles. The fourth-order valence-electron chi connectivity index (χ4n) is 1.80. The third kappa shape index (κ3) is 2.45. The Morgan fingerprint density at radius 1 is 1.57 bits per heavy atom. The number of anilines is 1. The van der Waals surface area contributed by atoms with Crippen molar-refractivity contribution in [2.24, 2.45) is 0 Å². The molecule has 0 aromatic carbocycles. The summed E-state index contributed by atoms with van der Waals surface area (Å²) < 4.78 is 0. The number of hydrogen-bond donors (Lipinski definition) is 2. The Morgan fingerprint density at radius 3 is 3.21 bits per heavy atom. The smallest absolute Gasteiger partial charge is 0.126 e. The maximum atomic E-state index is 4.40. The third-order valence-corrected chi connectivity index (χ3v) is 2.58. The van der Waals surface area contributed by atoms with Crippen molar-refractivity contribution < 1.29 is 0 Å². The standard InChI is InChI=1S/C11H17N3/c1-9-4-2-6-11(14-9)13-8-10-5-3-7-12-10/h2,4,6,10,12H,3,5,7-8H2,1H3,(H,13,14)/t10-/m1/s1. The topological polar surface area (TPSA) is 37.0 Å². The first-order valence-corrected chi connectivity index (χ1v) is 5.25. The summed E-state index contributed by atoms with van der Waals surface area (Å²) >= 11 is 0. The average Bonchev–Trinajstić information content (AvgIpc) is 2.67. The fourth-order valence-corrected chi connectivity index (χ4v) is 1.80. The minimum absolute atomic E-state index is 0.623. The van der Waals surface area contributed by atoms with E-state index in [-0.39, 0.29) is 0 Å². The van der Waals surface area contributed by atoms with Gasteiger partial charge in [0.2, 0.25) is 0 Å². The van der Waals surface area contributed by atoms with Gasteiger partial charge >= 0.3 is 0 Å². The van der Waals surface area contributed by atoms with E-state index in [1.165, 1.54) is 12.8 Å². The van der Waals surface area contributed by atoms with Crippen molar-refractivity contribution in [3.8, 4) is 0 Å². The number of pyridine rings is 1. The molecule has 1 aromatic rings. The molecule has 3 nitrogen and oxygen atoms in total.